The first-order valence-corrected chi connectivity index (χ1v) is 6.71. The van der Waals surface area contributed by atoms with E-state index in [2.05, 4.69) is 26.0 Å². The molecule has 0 radical (unpaired) electrons. The van der Waals surface area contributed by atoms with E-state index in [1.807, 2.05) is 18.2 Å². The minimum atomic E-state index is 0.553. The van der Waals surface area contributed by atoms with E-state index in [1.165, 1.54) is 9.75 Å². The Morgan fingerprint density at radius 3 is 2.44 bits per heavy atom. The molecule has 84 valence electrons. The highest BCUT2D eigenvalue weighted by Crippen LogP contribution is 2.38. The average molecular weight is 271 g/mol. The van der Waals surface area contributed by atoms with Crippen LogP contribution in [0.3, 0.4) is 0 Å². The molecule has 0 amide bonds. The molecule has 0 atom stereocenters. The molecule has 0 spiro atoms. The number of halogens is 2. The molecule has 0 aliphatic rings. The Labute approximate surface area is 110 Å². The maximum atomic E-state index is 6.19. The Bertz CT molecular complexity index is 500. The van der Waals surface area contributed by atoms with Gasteiger partial charge in [0.25, 0.3) is 0 Å². The maximum Gasteiger partial charge on any atom is 0.0678 e. The van der Waals surface area contributed by atoms with Crippen molar-refractivity contribution in [3.63, 3.8) is 0 Å². The third kappa shape index (κ3) is 2.27. The van der Waals surface area contributed by atoms with Crippen molar-refractivity contribution >= 4 is 34.5 Å². The molecular weight excluding hydrogens is 259 g/mol. The van der Waals surface area contributed by atoms with Crippen LogP contribution in [-0.2, 0) is 0 Å². The molecule has 2 rings (SSSR count). The molecule has 0 saturated carbocycles. The summed E-state index contributed by atoms with van der Waals surface area (Å²) < 4.78 is 0. The predicted molar refractivity (Wildman–Crippen MR) is 73.9 cm³/mol. The van der Waals surface area contributed by atoms with Crippen LogP contribution in [0.1, 0.15) is 24.6 Å². The Balaban J connectivity index is 2.47. The fraction of sp³-hybridized carbons (Fsp3) is 0.231. The van der Waals surface area contributed by atoms with Gasteiger partial charge in [-0.3, -0.25) is 0 Å². The largest absolute Gasteiger partial charge is 0.140 e. The van der Waals surface area contributed by atoms with Gasteiger partial charge in [0.1, 0.15) is 0 Å². The van der Waals surface area contributed by atoms with Crippen molar-refractivity contribution in [2.45, 2.75) is 19.8 Å². The molecule has 16 heavy (non-hydrogen) atoms. The van der Waals surface area contributed by atoms with E-state index in [-0.39, 0.29) is 0 Å². The van der Waals surface area contributed by atoms with Crippen LogP contribution >= 0.6 is 34.5 Å². The van der Waals surface area contributed by atoms with E-state index in [9.17, 15) is 0 Å². The molecule has 2 aromatic rings. The zero-order valence-corrected chi connectivity index (χ0v) is 11.5. The SMILES string of the molecule is CC(C)c1ccc(-c2cccc(Cl)c2Cl)s1. The molecule has 0 aliphatic carbocycles. The van der Waals surface area contributed by atoms with Crippen molar-refractivity contribution in [3.05, 3.63) is 45.3 Å². The van der Waals surface area contributed by atoms with Gasteiger partial charge < -0.3 is 0 Å². The van der Waals surface area contributed by atoms with Crippen molar-refractivity contribution in [1.29, 1.82) is 0 Å². The van der Waals surface area contributed by atoms with E-state index < -0.39 is 0 Å². The number of benzene rings is 1. The lowest BCUT2D eigenvalue weighted by molar-refractivity contribution is 0.890. The minimum absolute atomic E-state index is 0.553. The van der Waals surface area contributed by atoms with Crippen LogP contribution in [0, 0.1) is 0 Å². The van der Waals surface area contributed by atoms with Crippen molar-refractivity contribution in [2.75, 3.05) is 0 Å². The molecule has 3 heteroatoms. The third-order valence-corrected chi connectivity index (χ3v) is 4.65. The van der Waals surface area contributed by atoms with Crippen LogP contribution in [0.2, 0.25) is 10.0 Å². The van der Waals surface area contributed by atoms with E-state index in [0.717, 1.165) is 5.56 Å². The van der Waals surface area contributed by atoms with E-state index in [0.29, 0.717) is 16.0 Å². The summed E-state index contributed by atoms with van der Waals surface area (Å²) in [5.74, 6) is 0.553. The zero-order chi connectivity index (χ0) is 11.7. The molecule has 0 N–H and O–H groups in total. The molecule has 1 aromatic carbocycles. The summed E-state index contributed by atoms with van der Waals surface area (Å²) in [6.45, 7) is 4.38. The highest BCUT2D eigenvalue weighted by atomic mass is 35.5. The summed E-state index contributed by atoms with van der Waals surface area (Å²) in [5.41, 5.74) is 1.02. The summed E-state index contributed by atoms with van der Waals surface area (Å²) in [5, 5.41) is 1.25. The lowest BCUT2D eigenvalue weighted by Crippen LogP contribution is -1.78. The van der Waals surface area contributed by atoms with Gasteiger partial charge in [0.2, 0.25) is 0 Å². The Hall–Kier alpha value is -0.500. The molecule has 0 unspecified atom stereocenters. The van der Waals surface area contributed by atoms with Gasteiger partial charge in [-0.05, 0) is 24.1 Å². The van der Waals surface area contributed by atoms with Gasteiger partial charge in [0.05, 0.1) is 10.0 Å². The van der Waals surface area contributed by atoms with Gasteiger partial charge >= 0.3 is 0 Å². The average Bonchev–Trinajstić information content (AvgIpc) is 2.71. The smallest absolute Gasteiger partial charge is 0.0678 e. The second-order valence-corrected chi connectivity index (χ2v) is 5.86. The number of hydrogen-bond donors (Lipinski definition) is 0. The van der Waals surface area contributed by atoms with Gasteiger partial charge in [0, 0.05) is 15.3 Å². The zero-order valence-electron chi connectivity index (χ0n) is 9.13. The second kappa shape index (κ2) is 4.79. The minimum Gasteiger partial charge on any atom is -0.140 e. The van der Waals surface area contributed by atoms with Gasteiger partial charge in [-0.25, -0.2) is 0 Å². The molecule has 0 nitrogen and oxygen atoms in total. The highest BCUT2D eigenvalue weighted by molar-refractivity contribution is 7.15. The van der Waals surface area contributed by atoms with Crippen molar-refractivity contribution in [2.24, 2.45) is 0 Å². The summed E-state index contributed by atoms with van der Waals surface area (Å²) in [7, 11) is 0. The molecule has 0 saturated heterocycles. The van der Waals surface area contributed by atoms with Crippen LogP contribution in [0.15, 0.2) is 30.3 Å². The Kier molecular flexibility index (Phi) is 3.58. The fourth-order valence-electron chi connectivity index (χ4n) is 1.50. The van der Waals surface area contributed by atoms with Crippen molar-refractivity contribution < 1.29 is 0 Å². The first-order valence-electron chi connectivity index (χ1n) is 5.13. The lowest BCUT2D eigenvalue weighted by atomic mass is 10.1. The van der Waals surface area contributed by atoms with Gasteiger partial charge in [0.15, 0.2) is 0 Å². The van der Waals surface area contributed by atoms with E-state index in [4.69, 9.17) is 23.2 Å². The molecule has 0 aliphatic heterocycles. The highest BCUT2D eigenvalue weighted by Gasteiger charge is 2.10. The van der Waals surface area contributed by atoms with Crippen LogP contribution in [0.4, 0.5) is 0 Å². The van der Waals surface area contributed by atoms with Gasteiger partial charge in [-0.15, -0.1) is 11.3 Å². The monoisotopic (exact) mass is 270 g/mol. The first kappa shape index (κ1) is 12.0. The Morgan fingerprint density at radius 1 is 1.06 bits per heavy atom. The summed E-state index contributed by atoms with van der Waals surface area (Å²) in [6, 6.07) is 10.0. The third-order valence-electron chi connectivity index (χ3n) is 2.41. The maximum absolute atomic E-state index is 6.19. The van der Waals surface area contributed by atoms with Crippen LogP contribution < -0.4 is 0 Å². The van der Waals surface area contributed by atoms with E-state index >= 15 is 0 Å². The number of rotatable bonds is 2. The van der Waals surface area contributed by atoms with E-state index in [1.54, 1.807) is 11.3 Å². The topological polar surface area (TPSA) is 0 Å². The summed E-state index contributed by atoms with van der Waals surface area (Å²) >= 11 is 14.0. The quantitative estimate of drug-likeness (QED) is 0.643. The van der Waals surface area contributed by atoms with Crippen molar-refractivity contribution in [3.8, 4) is 10.4 Å². The standard InChI is InChI=1S/C13H12Cl2S/c1-8(2)11-6-7-12(16-11)9-4-3-5-10(14)13(9)15/h3-8H,1-2H3. The second-order valence-electron chi connectivity index (χ2n) is 3.96. The lowest BCUT2D eigenvalue weighted by Gasteiger charge is -2.03. The number of hydrogen-bond acceptors (Lipinski definition) is 1. The molecule has 1 heterocycles. The van der Waals surface area contributed by atoms with Crippen molar-refractivity contribution in [1.82, 2.24) is 0 Å². The summed E-state index contributed by atoms with van der Waals surface area (Å²) in [6.07, 6.45) is 0. The molecular formula is C13H12Cl2S. The number of thiophene rings is 1. The fourth-order valence-corrected chi connectivity index (χ4v) is 3.00. The van der Waals surface area contributed by atoms with Gasteiger partial charge in [-0.2, -0.15) is 0 Å². The Morgan fingerprint density at radius 2 is 1.81 bits per heavy atom. The predicted octanol–water partition coefficient (Wildman–Crippen LogP) is 5.85. The molecule has 0 fully saturated rings. The first-order chi connectivity index (χ1) is 7.59. The molecule has 0 bridgehead atoms. The van der Waals surface area contributed by atoms with Crippen LogP contribution in [0.25, 0.3) is 10.4 Å². The summed E-state index contributed by atoms with van der Waals surface area (Å²) in [4.78, 5) is 2.54. The van der Waals surface area contributed by atoms with Crippen LogP contribution in [0.5, 0.6) is 0 Å². The van der Waals surface area contributed by atoms with Crippen LogP contribution in [-0.4, -0.2) is 0 Å². The normalized spacial score (nSPS) is 11.1. The van der Waals surface area contributed by atoms with Gasteiger partial charge in [-0.1, -0.05) is 49.2 Å². The molecule has 1 aromatic heterocycles.